The van der Waals surface area contributed by atoms with Gasteiger partial charge in [-0.2, -0.15) is 0 Å². The Morgan fingerprint density at radius 1 is 1.11 bits per heavy atom. The number of nitro groups is 1. The van der Waals surface area contributed by atoms with Crippen LogP contribution in [-0.2, 0) is 0 Å². The number of nitrogens with one attached hydrogen (secondary N) is 1. The summed E-state index contributed by atoms with van der Waals surface area (Å²) in [5, 5.41) is 12.1. The molecule has 0 unspecified atom stereocenters. The van der Waals surface area contributed by atoms with Gasteiger partial charge in [0, 0.05) is 18.2 Å². The van der Waals surface area contributed by atoms with Crippen molar-refractivity contribution in [3.63, 3.8) is 0 Å². The van der Waals surface area contributed by atoms with Gasteiger partial charge < -0.3 is 24.1 Å². The number of hydrogen-bond donors (Lipinski definition) is 1. The number of aromatic nitrogens is 2. The van der Waals surface area contributed by atoms with Crippen LogP contribution >= 0.6 is 60.8 Å². The average Bonchev–Trinajstić information content (AvgIpc) is 3.73. The van der Waals surface area contributed by atoms with Gasteiger partial charge in [0.2, 0.25) is 6.79 Å². The predicted octanol–water partition coefficient (Wildman–Crippen LogP) is 5.77. The zero-order valence-corrected chi connectivity index (χ0v) is 33.5. The third-order valence-corrected chi connectivity index (χ3v) is 9.97. The van der Waals surface area contributed by atoms with Crippen molar-refractivity contribution < 1.29 is 37.2 Å². The van der Waals surface area contributed by atoms with Crippen molar-refractivity contribution in [2.75, 3.05) is 32.0 Å². The summed E-state index contributed by atoms with van der Waals surface area (Å²) < 4.78 is 17.2. The van der Waals surface area contributed by atoms with Gasteiger partial charge in [0.15, 0.2) is 11.5 Å². The van der Waals surface area contributed by atoms with Crippen molar-refractivity contribution in [1.82, 2.24) is 14.9 Å². The molecule has 0 spiro atoms. The number of ether oxygens (including phenoxy) is 3. The van der Waals surface area contributed by atoms with Gasteiger partial charge >= 0.3 is 50.5 Å². The number of fused-ring (bicyclic) bond motifs is 1. The third-order valence-electron chi connectivity index (χ3n) is 7.20. The fourth-order valence-corrected chi connectivity index (χ4v) is 8.05. The number of carbonyl (C=O) groups excluding carboxylic acids is 1. The van der Waals surface area contributed by atoms with E-state index in [2.05, 4.69) is 61.0 Å². The molecule has 0 aliphatic carbocycles. The number of rotatable bonds is 13. The molecule has 1 fully saturated rings. The summed E-state index contributed by atoms with van der Waals surface area (Å²) in [6.07, 6.45) is 1.74. The Hall–Kier alpha value is -1.71. The fraction of sp³-hybridized carbons (Fsp3) is 0.355. The minimum atomic E-state index is -0.554. The second-order valence-electron chi connectivity index (χ2n) is 9.85. The van der Waals surface area contributed by atoms with Gasteiger partial charge in [0.05, 0.1) is 39.8 Å². The number of benzene rings is 3. The molecule has 1 aliphatic heterocycles. The number of thioether (sulfide) groups is 2. The number of hydrogen-bond acceptors (Lipinski definition) is 9. The van der Waals surface area contributed by atoms with E-state index in [1.807, 2.05) is 59.9 Å². The van der Waals surface area contributed by atoms with E-state index in [1.165, 1.54) is 19.2 Å². The molecule has 3 aromatic carbocycles. The van der Waals surface area contributed by atoms with Crippen LogP contribution in [0.1, 0.15) is 37.0 Å². The van der Waals surface area contributed by atoms with Crippen LogP contribution in [-0.4, -0.2) is 68.3 Å². The van der Waals surface area contributed by atoms with Crippen LogP contribution in [0.15, 0.2) is 60.7 Å². The maximum atomic E-state index is 13.7. The molecule has 0 bridgehead atoms. The molecule has 15 heteroatoms. The first kappa shape index (κ1) is 37.1. The molecule has 1 saturated heterocycles. The van der Waals surface area contributed by atoms with Gasteiger partial charge in [-0.3, -0.25) is 14.9 Å². The second kappa shape index (κ2) is 18.7. The molecule has 1 aliphatic rings. The van der Waals surface area contributed by atoms with Crippen molar-refractivity contribution in [3.8, 4) is 28.6 Å². The fourth-order valence-electron chi connectivity index (χ4n) is 5.18. The van der Waals surface area contributed by atoms with E-state index in [-0.39, 0.29) is 46.1 Å². The van der Waals surface area contributed by atoms with E-state index in [9.17, 15) is 14.9 Å². The zero-order valence-electron chi connectivity index (χ0n) is 25.4. The number of nitrogens with zero attached hydrogens (tertiary/aromatic N) is 3. The van der Waals surface area contributed by atoms with Gasteiger partial charge in [-0.25, -0.2) is 4.98 Å². The second-order valence-corrected chi connectivity index (χ2v) is 29.2. The zero-order chi connectivity index (χ0) is 33.1. The van der Waals surface area contributed by atoms with Gasteiger partial charge in [0.1, 0.15) is 17.1 Å². The molecule has 4 aromatic rings. The molecular formula is C31H34I3N4O6S2-. The topological polar surface area (TPSA) is 120 Å². The monoisotopic (exact) mass is 1000 g/mol. The molecule has 1 atom stereocenters. The molecule has 0 saturated carbocycles. The molecule has 10 nitrogen and oxygen atoms in total. The Labute approximate surface area is 306 Å². The average molecular weight is 1000 g/mol. The summed E-state index contributed by atoms with van der Waals surface area (Å²) in [4.78, 5) is 35.0. The first-order valence-corrected chi connectivity index (χ1v) is 29.1. The summed E-state index contributed by atoms with van der Waals surface area (Å²) in [6.45, 7) is 4.55. The van der Waals surface area contributed by atoms with Crippen molar-refractivity contribution >= 4 is 83.4 Å². The molecule has 5 rings (SSSR count). The van der Waals surface area contributed by atoms with E-state index in [0.717, 1.165) is 46.8 Å². The van der Waals surface area contributed by atoms with Crippen molar-refractivity contribution in [3.05, 3.63) is 76.3 Å². The van der Waals surface area contributed by atoms with Crippen LogP contribution in [0, 0.1) is 10.1 Å². The van der Waals surface area contributed by atoms with Crippen LogP contribution in [0.2, 0.25) is 0 Å². The van der Waals surface area contributed by atoms with Crippen LogP contribution in [0.25, 0.3) is 22.4 Å². The Bertz CT molecular complexity index is 1570. The number of para-hydroxylation sites is 2. The predicted molar refractivity (Wildman–Crippen MR) is 199 cm³/mol. The van der Waals surface area contributed by atoms with Crippen LogP contribution in [0.4, 0.5) is 5.69 Å². The Kier molecular flexibility index (Phi) is 15.1. The number of imidazole rings is 1. The number of methoxy groups -OCH3 is 1. The number of aromatic amines is 1. The number of amides is 1. The number of halogens is 3. The Balaban J connectivity index is 0.00000154. The number of likely N-dealkylation sites (tertiary alicyclic amines) is 1. The molecule has 2 heterocycles. The maximum absolute atomic E-state index is 13.7. The standard InChI is InChI=1S/C31H34N4O6S2.I3/c1-4-42-31(43-5-2)25-11-8-16-34(25)30(36)22-17-27(39-3)28(18-26(22)35(37)38)41-19-40-21-14-12-20(13-15-21)29-32-23-9-6-7-10-24(23)33-29;1-3-2/h6-7,9-10,12-15,17-18,25,31H,4-5,8,11,16,19H2,1-3H3,(H,32,33);/q;-1/t25-;/m0./s1. The van der Waals surface area contributed by atoms with E-state index in [4.69, 9.17) is 14.2 Å². The minimum absolute atomic E-state index is 0.00931. The van der Waals surface area contributed by atoms with Crippen LogP contribution in [0.5, 0.6) is 17.2 Å². The molecule has 1 amide bonds. The first-order chi connectivity index (χ1) is 22.3. The first-order valence-electron chi connectivity index (χ1n) is 14.4. The van der Waals surface area contributed by atoms with E-state index >= 15 is 0 Å². The van der Waals surface area contributed by atoms with Crippen LogP contribution < -0.4 is 27.5 Å². The summed E-state index contributed by atoms with van der Waals surface area (Å²) in [6, 6.07) is 17.8. The quantitative estimate of drug-likeness (QED) is 0.0771. The number of H-pyrrole nitrogens is 1. The Morgan fingerprint density at radius 2 is 1.80 bits per heavy atom. The van der Waals surface area contributed by atoms with Gasteiger partial charge in [-0.15, -0.1) is 23.5 Å². The van der Waals surface area contributed by atoms with Gasteiger partial charge in [-0.1, -0.05) is 26.0 Å². The summed E-state index contributed by atoms with van der Waals surface area (Å²) >= 11 is 8.93. The van der Waals surface area contributed by atoms with E-state index in [0.29, 0.717) is 25.5 Å². The van der Waals surface area contributed by atoms with Gasteiger partial charge in [0.25, 0.3) is 11.6 Å². The molecule has 248 valence electrons. The van der Waals surface area contributed by atoms with Crippen LogP contribution in [0.3, 0.4) is 0 Å². The molecule has 1 N–H and O–H groups in total. The van der Waals surface area contributed by atoms with Gasteiger partial charge in [-0.05, 0) is 60.7 Å². The molecule has 1 aromatic heterocycles. The molecular weight excluding hydrogens is 969 g/mol. The summed E-state index contributed by atoms with van der Waals surface area (Å²) in [5.41, 5.74) is 2.40. The molecule has 46 heavy (non-hydrogen) atoms. The van der Waals surface area contributed by atoms with Crippen molar-refractivity contribution in [2.45, 2.75) is 37.3 Å². The summed E-state index contributed by atoms with van der Waals surface area (Å²) in [7, 11) is 1.43. The number of nitro benzene ring substituents is 1. The number of carbonyl (C=O) groups is 1. The third kappa shape index (κ3) is 9.46. The van der Waals surface area contributed by atoms with E-state index in [1.54, 1.807) is 17.0 Å². The Morgan fingerprint density at radius 3 is 2.43 bits per heavy atom. The SMILES string of the molecule is CCSC(SCC)[C@@H]1CCCN1C(=O)c1cc(OC)c(OCOc2ccc(-c3nc4ccccc4[nH]3)cc2)cc1[N+](=O)[O-].I[I-]I. The van der Waals surface area contributed by atoms with Crippen molar-refractivity contribution in [1.29, 1.82) is 0 Å². The normalized spacial score (nSPS) is 14.3. The van der Waals surface area contributed by atoms with E-state index < -0.39 is 4.92 Å². The molecule has 0 radical (unpaired) electrons. The summed E-state index contributed by atoms with van der Waals surface area (Å²) in [5.74, 6) is 3.13. The van der Waals surface area contributed by atoms with Crippen molar-refractivity contribution in [2.24, 2.45) is 0 Å².